The predicted molar refractivity (Wildman–Crippen MR) is 304 cm³/mol. The van der Waals surface area contributed by atoms with E-state index in [1.165, 1.54) is 45.1 Å². The van der Waals surface area contributed by atoms with Crippen LogP contribution in [0.1, 0.15) is 82.9 Å². The SMILES string of the molecule is COc1c2cccc1C(=O)NCCN1CCNC(=O)c3cccc(c3OC)C(=O)NCCN(CCNC2=O)CCNC(=O)c2cccc(c2OC)C(=O)NCCN(CCNC(=O)c2cccc(C(=O)N3CCSC3=S)c2OC)CC1. The standard InChI is InChI=1S/C55H67N11O12S2/c1-75-43-35-9-5-12-38(43)50(70)59-20-27-64-28-21-60-51(71)39-13-6-10-36(44(39)76-2)48(68)57-18-25-63(24-17-56-47(35)67)26-19-58-49(69)37-11-7-14-40(45(37)77-3)52(72)61-22-29-65(32-31-64)30-23-62-53(73)41-15-8-16-42(46(41)78-4)54(74)66-33-34-80-55(66)79/h5-16H,17-34H2,1-4H3,(H,56,67)(H,57,68)(H,58,69)(H,59,70)(H,60,71)(H,61,72)(H,62,73). The van der Waals surface area contributed by atoms with E-state index in [4.69, 9.17) is 31.2 Å². The molecule has 0 aromatic heterocycles. The zero-order valence-corrected chi connectivity index (χ0v) is 46.8. The van der Waals surface area contributed by atoms with Crippen LogP contribution < -0.4 is 56.2 Å². The van der Waals surface area contributed by atoms with Gasteiger partial charge in [-0.2, -0.15) is 0 Å². The minimum absolute atomic E-state index is 0.0658. The first-order chi connectivity index (χ1) is 38.8. The summed E-state index contributed by atoms with van der Waals surface area (Å²) in [7, 11) is 5.51. The maximum atomic E-state index is 13.9. The number of nitrogens with zero attached hydrogens (tertiary/aromatic N) is 4. The first kappa shape index (κ1) is 59.8. The molecule has 0 saturated carbocycles. The second-order valence-electron chi connectivity index (χ2n) is 18.4. The van der Waals surface area contributed by atoms with Crippen LogP contribution in [0.2, 0.25) is 0 Å². The maximum absolute atomic E-state index is 13.9. The van der Waals surface area contributed by atoms with Crippen LogP contribution in [0.15, 0.2) is 72.8 Å². The molecule has 0 unspecified atom stereocenters. The van der Waals surface area contributed by atoms with Gasteiger partial charge < -0.3 is 56.2 Å². The molecule has 8 bridgehead atoms. The van der Waals surface area contributed by atoms with E-state index in [1.807, 2.05) is 14.7 Å². The van der Waals surface area contributed by atoms with Crippen molar-refractivity contribution in [1.29, 1.82) is 0 Å². The van der Waals surface area contributed by atoms with Gasteiger partial charge in [-0.1, -0.05) is 48.2 Å². The molecule has 0 aliphatic carbocycles. The number of benzene rings is 4. The number of carbonyl (C=O) groups is 8. The number of thiocarbonyl (C=S) groups is 1. The largest absolute Gasteiger partial charge is 0.495 e. The minimum atomic E-state index is -0.511. The minimum Gasteiger partial charge on any atom is -0.495 e. The summed E-state index contributed by atoms with van der Waals surface area (Å²) in [6.07, 6.45) is 0. The van der Waals surface area contributed by atoms with Gasteiger partial charge in [0.15, 0.2) is 0 Å². The molecule has 4 aromatic rings. The lowest BCUT2D eigenvalue weighted by molar-refractivity contribution is 0.0854. The third-order valence-electron chi connectivity index (χ3n) is 13.6. The normalized spacial score (nSPS) is 18.8. The lowest BCUT2D eigenvalue weighted by Crippen LogP contribution is -2.46. The fourth-order valence-electron chi connectivity index (χ4n) is 9.42. The number of carbonyl (C=O) groups excluding carboxylic acids is 8. The van der Waals surface area contributed by atoms with Gasteiger partial charge in [-0.15, -0.1) is 0 Å². The number of fused-ring (bicyclic) bond motifs is 21. The van der Waals surface area contributed by atoms with E-state index in [1.54, 1.807) is 72.8 Å². The molecule has 1 fully saturated rings. The first-order valence-electron chi connectivity index (χ1n) is 26.1. The number of amides is 8. The Bertz CT molecular complexity index is 2870. The molecule has 25 heteroatoms. The van der Waals surface area contributed by atoms with Crippen LogP contribution in [0.4, 0.5) is 0 Å². The van der Waals surface area contributed by atoms with E-state index in [0.29, 0.717) is 29.7 Å². The van der Waals surface area contributed by atoms with Crippen molar-refractivity contribution in [3.63, 3.8) is 0 Å². The van der Waals surface area contributed by atoms with Crippen LogP contribution in [0, 0.1) is 0 Å². The molecule has 4 aliphatic rings. The number of methoxy groups -OCH3 is 4. The maximum Gasteiger partial charge on any atom is 0.263 e. The van der Waals surface area contributed by atoms with Crippen molar-refractivity contribution in [2.24, 2.45) is 0 Å². The van der Waals surface area contributed by atoms with Gasteiger partial charge in [0.25, 0.3) is 47.3 Å². The van der Waals surface area contributed by atoms with E-state index in [0.717, 1.165) is 0 Å². The Morgan fingerprint density at radius 2 is 0.825 bits per heavy atom. The molecular formula is C55H67N11O12S2. The summed E-state index contributed by atoms with van der Waals surface area (Å²) in [6, 6.07) is 18.9. The molecule has 8 rings (SSSR count). The highest BCUT2D eigenvalue weighted by Gasteiger charge is 2.30. The van der Waals surface area contributed by atoms with Crippen molar-refractivity contribution in [3.05, 3.63) is 117 Å². The summed E-state index contributed by atoms with van der Waals surface area (Å²) in [5.74, 6) is -2.84. The predicted octanol–water partition coefficient (Wildman–Crippen LogP) is 1.34. The van der Waals surface area contributed by atoms with Crippen molar-refractivity contribution in [1.82, 2.24) is 56.8 Å². The van der Waals surface area contributed by atoms with Crippen LogP contribution >= 0.6 is 24.0 Å². The van der Waals surface area contributed by atoms with Crippen LogP contribution in [0.5, 0.6) is 23.0 Å². The number of para-hydroxylation sites is 4. The fourth-order valence-corrected chi connectivity index (χ4v) is 10.6. The summed E-state index contributed by atoms with van der Waals surface area (Å²) in [5.41, 5.74) is 1.14. The van der Waals surface area contributed by atoms with Crippen molar-refractivity contribution in [3.8, 4) is 23.0 Å². The Morgan fingerprint density at radius 1 is 0.475 bits per heavy atom. The average Bonchev–Trinajstić information content (AvgIpc) is 3.91. The van der Waals surface area contributed by atoms with Crippen molar-refractivity contribution >= 4 is 75.6 Å². The van der Waals surface area contributed by atoms with E-state index in [2.05, 4.69) is 37.2 Å². The summed E-state index contributed by atoms with van der Waals surface area (Å²) in [5, 5.41) is 20.5. The molecule has 426 valence electrons. The van der Waals surface area contributed by atoms with Crippen LogP contribution in [-0.4, -0.2) is 217 Å². The van der Waals surface area contributed by atoms with Crippen LogP contribution in [-0.2, 0) is 0 Å². The van der Waals surface area contributed by atoms with Crippen LogP contribution in [0.25, 0.3) is 0 Å². The molecule has 80 heavy (non-hydrogen) atoms. The quantitative estimate of drug-likeness (QED) is 0.117. The van der Waals surface area contributed by atoms with Gasteiger partial charge in [-0.25, -0.2) is 0 Å². The van der Waals surface area contributed by atoms with E-state index < -0.39 is 41.4 Å². The smallest absolute Gasteiger partial charge is 0.263 e. The highest BCUT2D eigenvalue weighted by atomic mass is 32.2. The molecule has 4 aliphatic heterocycles. The summed E-state index contributed by atoms with van der Waals surface area (Å²) in [4.78, 5) is 118. The second-order valence-corrected chi connectivity index (χ2v) is 20.2. The Balaban J connectivity index is 1.20. The Hall–Kier alpha value is -7.84. The zero-order chi connectivity index (χ0) is 57.1. The number of hydrogen-bond donors (Lipinski definition) is 7. The second kappa shape index (κ2) is 29.4. The van der Waals surface area contributed by atoms with Crippen molar-refractivity contribution < 1.29 is 57.3 Å². The molecule has 0 radical (unpaired) electrons. The molecule has 8 amide bonds. The fraction of sp³-hybridized carbons (Fsp3) is 0.400. The van der Waals surface area contributed by atoms with E-state index in [-0.39, 0.29) is 165 Å². The number of ether oxygens (including phenoxy) is 4. The van der Waals surface area contributed by atoms with Crippen molar-refractivity contribution in [2.75, 3.05) is 145 Å². The summed E-state index contributed by atoms with van der Waals surface area (Å²) < 4.78 is 23.1. The Morgan fingerprint density at radius 3 is 1.19 bits per heavy atom. The molecule has 0 spiro atoms. The van der Waals surface area contributed by atoms with Gasteiger partial charge in [0.05, 0.1) is 72.9 Å². The lowest BCUT2D eigenvalue weighted by atomic mass is 10.1. The van der Waals surface area contributed by atoms with E-state index >= 15 is 0 Å². The van der Waals surface area contributed by atoms with E-state index in [9.17, 15) is 38.4 Å². The first-order valence-corrected chi connectivity index (χ1v) is 27.5. The monoisotopic (exact) mass is 1140 g/mol. The summed E-state index contributed by atoms with van der Waals surface area (Å²) >= 11 is 6.79. The van der Waals surface area contributed by atoms with Gasteiger partial charge >= 0.3 is 0 Å². The lowest BCUT2D eigenvalue weighted by Gasteiger charge is -2.28. The molecule has 7 N–H and O–H groups in total. The molecule has 4 heterocycles. The highest BCUT2D eigenvalue weighted by Crippen LogP contribution is 2.30. The zero-order valence-electron chi connectivity index (χ0n) is 45.2. The van der Waals surface area contributed by atoms with Crippen LogP contribution in [0.3, 0.4) is 0 Å². The molecule has 23 nitrogen and oxygen atoms in total. The number of rotatable bonds is 9. The molecule has 0 atom stereocenters. The molecular weight excluding hydrogens is 1070 g/mol. The highest BCUT2D eigenvalue weighted by molar-refractivity contribution is 8.23. The van der Waals surface area contributed by atoms with Crippen molar-refractivity contribution in [2.45, 2.75) is 0 Å². The van der Waals surface area contributed by atoms with Gasteiger partial charge in [-0.05, 0) is 48.5 Å². The molecule has 4 aromatic carbocycles. The number of hydrogen-bond acceptors (Lipinski definition) is 17. The number of thioether (sulfide) groups is 1. The third kappa shape index (κ3) is 15.1. The average molecular weight is 1140 g/mol. The van der Waals surface area contributed by atoms with Gasteiger partial charge in [0.2, 0.25) is 0 Å². The Labute approximate surface area is 473 Å². The van der Waals surface area contributed by atoms with Gasteiger partial charge in [0, 0.05) is 117 Å². The van der Waals surface area contributed by atoms with Gasteiger partial charge in [-0.3, -0.25) is 58.0 Å². The Kier molecular flexibility index (Phi) is 22.0. The summed E-state index contributed by atoms with van der Waals surface area (Å²) in [6.45, 7) is 3.88. The molecule has 1 saturated heterocycles. The third-order valence-corrected chi connectivity index (χ3v) is 15.0. The number of nitrogens with one attached hydrogen (secondary N) is 7. The van der Waals surface area contributed by atoms with Gasteiger partial charge in [0.1, 0.15) is 27.3 Å². The topological polar surface area (TPSA) is 271 Å².